The van der Waals surface area contributed by atoms with Crippen LogP contribution in [0.15, 0.2) is 42.5 Å². The number of amides is 1. The molecule has 1 aliphatic rings. The summed E-state index contributed by atoms with van der Waals surface area (Å²) in [5.74, 6) is 0.419. The molecule has 0 spiro atoms. The molecule has 23 heavy (non-hydrogen) atoms. The zero-order chi connectivity index (χ0) is 16.6. The molecule has 1 aliphatic heterocycles. The summed E-state index contributed by atoms with van der Waals surface area (Å²) in [5.41, 5.74) is 1.37. The van der Waals surface area contributed by atoms with Gasteiger partial charge in [0.15, 0.2) is 6.10 Å². The van der Waals surface area contributed by atoms with Crippen molar-refractivity contribution < 1.29 is 9.53 Å². The van der Waals surface area contributed by atoms with E-state index in [-0.39, 0.29) is 5.91 Å². The van der Waals surface area contributed by atoms with Crippen molar-refractivity contribution >= 4 is 29.1 Å². The normalized spacial score (nSPS) is 16.6. The van der Waals surface area contributed by atoms with Gasteiger partial charge in [-0.15, -0.1) is 0 Å². The Morgan fingerprint density at radius 2 is 1.91 bits per heavy atom. The lowest BCUT2D eigenvalue weighted by Gasteiger charge is -2.28. The summed E-state index contributed by atoms with van der Waals surface area (Å²) < 4.78 is 5.73. The Balaban J connectivity index is 1.75. The summed E-state index contributed by atoms with van der Waals surface area (Å²) in [4.78, 5) is 12.6. The quantitative estimate of drug-likeness (QED) is 0.894. The predicted octanol–water partition coefficient (Wildman–Crippen LogP) is 4.35. The summed E-state index contributed by atoms with van der Waals surface area (Å²) in [6, 6.07) is 13.2. The highest BCUT2D eigenvalue weighted by molar-refractivity contribution is 6.35. The van der Waals surface area contributed by atoms with E-state index in [2.05, 4.69) is 5.32 Å². The minimum Gasteiger partial charge on any atom is -0.480 e. The number of rotatable bonds is 3. The highest BCUT2D eigenvalue weighted by Crippen LogP contribution is 2.37. The number of fused-ring (bicyclic) bond motifs is 1. The van der Waals surface area contributed by atoms with Crippen LogP contribution in [0.3, 0.4) is 0 Å². The molecule has 0 fully saturated rings. The largest absolute Gasteiger partial charge is 0.480 e. The second-order valence-electron chi connectivity index (χ2n) is 6.16. The maximum absolute atomic E-state index is 12.6. The number of hydrogen-bond acceptors (Lipinski definition) is 2. The van der Waals surface area contributed by atoms with Crippen LogP contribution in [-0.2, 0) is 16.8 Å². The molecule has 3 nitrogen and oxygen atoms in total. The molecule has 1 heterocycles. The van der Waals surface area contributed by atoms with E-state index in [1.807, 2.05) is 44.2 Å². The monoisotopic (exact) mass is 349 g/mol. The van der Waals surface area contributed by atoms with E-state index in [1.54, 1.807) is 12.1 Å². The van der Waals surface area contributed by atoms with Crippen LogP contribution in [-0.4, -0.2) is 12.0 Å². The number of nitrogens with one attached hydrogen (secondary N) is 1. The third-order valence-corrected chi connectivity index (χ3v) is 4.56. The number of hydrogen-bond donors (Lipinski definition) is 1. The molecule has 0 aromatic heterocycles. The van der Waals surface area contributed by atoms with Gasteiger partial charge in [0, 0.05) is 22.0 Å². The van der Waals surface area contributed by atoms with Gasteiger partial charge < -0.3 is 10.1 Å². The molecule has 0 bridgehead atoms. The van der Waals surface area contributed by atoms with Crippen LogP contribution in [0.5, 0.6) is 5.75 Å². The van der Waals surface area contributed by atoms with E-state index in [4.69, 9.17) is 27.9 Å². The Kier molecular flexibility index (Phi) is 4.26. The molecular weight excluding hydrogens is 333 g/mol. The second kappa shape index (κ2) is 6.06. The van der Waals surface area contributed by atoms with Crippen molar-refractivity contribution in [2.24, 2.45) is 0 Å². The average molecular weight is 350 g/mol. The van der Waals surface area contributed by atoms with Gasteiger partial charge in [-0.25, -0.2) is 0 Å². The first kappa shape index (κ1) is 16.2. The van der Waals surface area contributed by atoms with Gasteiger partial charge >= 0.3 is 0 Å². The zero-order valence-electron chi connectivity index (χ0n) is 12.9. The Hall–Kier alpha value is -1.71. The SMILES string of the molecule is CC(C)(NC(=O)C1Cc2c(Cl)cc(Cl)cc2O1)c1ccccc1. The summed E-state index contributed by atoms with van der Waals surface area (Å²) in [7, 11) is 0. The fraction of sp³-hybridized carbons (Fsp3) is 0.278. The Bertz CT molecular complexity index is 744. The first-order valence-electron chi connectivity index (χ1n) is 7.39. The molecule has 2 aromatic carbocycles. The maximum atomic E-state index is 12.6. The number of carbonyl (C=O) groups is 1. The minimum atomic E-state index is -0.594. The van der Waals surface area contributed by atoms with E-state index in [9.17, 15) is 4.79 Å². The number of benzene rings is 2. The first-order chi connectivity index (χ1) is 10.9. The highest BCUT2D eigenvalue weighted by Gasteiger charge is 2.34. The molecule has 0 saturated heterocycles. The van der Waals surface area contributed by atoms with Crippen LogP contribution >= 0.6 is 23.2 Å². The standard InChI is InChI=1S/C18H17Cl2NO2/c1-18(2,11-6-4-3-5-7-11)21-17(22)16-10-13-14(20)8-12(19)9-15(13)23-16/h3-9,16H,10H2,1-2H3,(H,21,22). The third-order valence-electron chi connectivity index (χ3n) is 4.00. The smallest absolute Gasteiger partial charge is 0.262 e. The van der Waals surface area contributed by atoms with Gasteiger partial charge in [0.1, 0.15) is 5.75 Å². The van der Waals surface area contributed by atoms with Gasteiger partial charge in [0.05, 0.1) is 5.54 Å². The van der Waals surface area contributed by atoms with Gasteiger partial charge in [0.2, 0.25) is 0 Å². The molecule has 120 valence electrons. The van der Waals surface area contributed by atoms with Crippen LogP contribution in [0.2, 0.25) is 10.0 Å². The second-order valence-corrected chi connectivity index (χ2v) is 7.00. The molecule has 1 amide bonds. The van der Waals surface area contributed by atoms with E-state index in [0.717, 1.165) is 11.1 Å². The maximum Gasteiger partial charge on any atom is 0.262 e. The highest BCUT2D eigenvalue weighted by atomic mass is 35.5. The van der Waals surface area contributed by atoms with E-state index < -0.39 is 11.6 Å². The minimum absolute atomic E-state index is 0.165. The summed E-state index contributed by atoms with van der Waals surface area (Å²) in [6.07, 6.45) is -0.147. The summed E-state index contributed by atoms with van der Waals surface area (Å²) >= 11 is 12.2. The Morgan fingerprint density at radius 1 is 1.22 bits per heavy atom. The van der Waals surface area contributed by atoms with Crippen molar-refractivity contribution in [2.75, 3.05) is 0 Å². The third kappa shape index (κ3) is 3.31. The van der Waals surface area contributed by atoms with E-state index in [0.29, 0.717) is 22.2 Å². The topological polar surface area (TPSA) is 38.3 Å². The lowest BCUT2D eigenvalue weighted by molar-refractivity contribution is -0.129. The molecule has 1 atom stereocenters. The number of ether oxygens (including phenoxy) is 1. The lowest BCUT2D eigenvalue weighted by Crippen LogP contribution is -2.47. The number of carbonyl (C=O) groups excluding carboxylic acids is 1. The van der Waals surface area contributed by atoms with Crippen LogP contribution in [0.1, 0.15) is 25.0 Å². The fourth-order valence-corrected chi connectivity index (χ4v) is 3.28. The Labute approximate surface area is 145 Å². The van der Waals surface area contributed by atoms with Gasteiger partial charge in [-0.05, 0) is 31.5 Å². The summed E-state index contributed by atoms with van der Waals surface area (Å²) in [6.45, 7) is 3.93. The van der Waals surface area contributed by atoms with Crippen LogP contribution in [0, 0.1) is 0 Å². The molecule has 0 saturated carbocycles. The zero-order valence-corrected chi connectivity index (χ0v) is 14.4. The van der Waals surface area contributed by atoms with Gasteiger partial charge in [0.25, 0.3) is 5.91 Å². The van der Waals surface area contributed by atoms with Gasteiger partial charge in [-0.3, -0.25) is 4.79 Å². The van der Waals surface area contributed by atoms with Crippen molar-refractivity contribution in [3.05, 3.63) is 63.6 Å². The van der Waals surface area contributed by atoms with Gasteiger partial charge in [-0.2, -0.15) is 0 Å². The van der Waals surface area contributed by atoms with Crippen molar-refractivity contribution in [3.63, 3.8) is 0 Å². The molecule has 0 radical (unpaired) electrons. The molecule has 1 unspecified atom stereocenters. The first-order valence-corrected chi connectivity index (χ1v) is 8.14. The van der Waals surface area contributed by atoms with Crippen molar-refractivity contribution in [1.29, 1.82) is 0 Å². The Morgan fingerprint density at radius 3 is 2.61 bits per heavy atom. The molecule has 3 rings (SSSR count). The lowest BCUT2D eigenvalue weighted by atomic mass is 9.94. The number of halogens is 2. The average Bonchev–Trinajstić information content (AvgIpc) is 2.92. The molecular formula is C18H17Cl2NO2. The van der Waals surface area contributed by atoms with Crippen molar-refractivity contribution in [2.45, 2.75) is 31.9 Å². The summed E-state index contributed by atoms with van der Waals surface area (Å²) in [5, 5.41) is 4.08. The van der Waals surface area contributed by atoms with E-state index in [1.165, 1.54) is 0 Å². The van der Waals surface area contributed by atoms with Crippen LogP contribution in [0.25, 0.3) is 0 Å². The van der Waals surface area contributed by atoms with Crippen LogP contribution in [0.4, 0.5) is 0 Å². The molecule has 2 aromatic rings. The molecule has 0 aliphatic carbocycles. The van der Waals surface area contributed by atoms with Crippen molar-refractivity contribution in [1.82, 2.24) is 5.32 Å². The molecule has 5 heteroatoms. The molecule has 1 N–H and O–H groups in total. The predicted molar refractivity (Wildman–Crippen MR) is 92.2 cm³/mol. The van der Waals surface area contributed by atoms with E-state index >= 15 is 0 Å². The van der Waals surface area contributed by atoms with Gasteiger partial charge in [-0.1, -0.05) is 53.5 Å². The fourth-order valence-electron chi connectivity index (χ4n) is 2.73. The van der Waals surface area contributed by atoms with Crippen LogP contribution < -0.4 is 10.1 Å². The van der Waals surface area contributed by atoms with Crippen molar-refractivity contribution in [3.8, 4) is 5.75 Å².